The third kappa shape index (κ3) is 2.36. The molecule has 0 aromatic heterocycles. The molecule has 0 unspecified atom stereocenters. The van der Waals surface area contributed by atoms with E-state index in [1.807, 2.05) is 0 Å². The number of carbonyl (C=O) groups excluding carboxylic acids is 1. The van der Waals surface area contributed by atoms with Crippen molar-refractivity contribution in [2.24, 2.45) is 0 Å². The van der Waals surface area contributed by atoms with Gasteiger partial charge in [0.05, 0.1) is 6.61 Å². The maximum atomic E-state index is 12.1. The highest BCUT2D eigenvalue weighted by Crippen LogP contribution is 2.38. The molecule has 0 aromatic carbocycles. The summed E-state index contributed by atoms with van der Waals surface area (Å²) in [5, 5.41) is 0. The fraction of sp³-hybridized carbons (Fsp3) is 0.917. The Morgan fingerprint density at radius 2 is 1.79 bits per heavy atom. The maximum Gasteiger partial charge on any atom is 0.356 e. The van der Waals surface area contributed by atoms with Gasteiger partial charge in [0.1, 0.15) is 12.7 Å². The van der Waals surface area contributed by atoms with Gasteiger partial charge in [-0.25, -0.2) is 4.79 Å². The van der Waals surface area contributed by atoms with Gasteiger partial charge in [0.15, 0.2) is 17.7 Å². The second-order valence-electron chi connectivity index (χ2n) is 5.80. The molecule has 3 aliphatic rings. The zero-order chi connectivity index (χ0) is 13.9. The molecule has 0 amide bonds. The van der Waals surface area contributed by atoms with E-state index < -0.39 is 35.7 Å². The quantitative estimate of drug-likeness (QED) is 0.596. The Labute approximate surface area is 111 Å². The van der Waals surface area contributed by atoms with E-state index in [9.17, 15) is 4.79 Å². The largest absolute Gasteiger partial charge is 0.404 e. The first-order valence-corrected chi connectivity index (χ1v) is 6.27. The van der Waals surface area contributed by atoms with Gasteiger partial charge in [-0.2, -0.15) is 0 Å². The Morgan fingerprint density at radius 3 is 2.42 bits per heavy atom. The Hall–Kier alpha value is -0.730. The van der Waals surface area contributed by atoms with Gasteiger partial charge >= 0.3 is 11.9 Å². The van der Waals surface area contributed by atoms with E-state index in [0.717, 1.165) is 0 Å². The van der Waals surface area contributed by atoms with E-state index >= 15 is 0 Å². The molecule has 0 N–H and O–H groups in total. The fourth-order valence-electron chi connectivity index (χ4n) is 2.42. The van der Waals surface area contributed by atoms with Crippen molar-refractivity contribution in [3.63, 3.8) is 0 Å². The molecule has 3 fully saturated rings. The molecule has 3 aliphatic heterocycles. The zero-order valence-corrected chi connectivity index (χ0v) is 11.4. The summed E-state index contributed by atoms with van der Waals surface area (Å²) < 4.78 is 32.9. The number of fused-ring (bicyclic) bond motifs is 1. The summed E-state index contributed by atoms with van der Waals surface area (Å²) in [5.41, 5.74) is 0. The smallest absolute Gasteiger partial charge is 0.356 e. The van der Waals surface area contributed by atoms with Crippen LogP contribution in [0.1, 0.15) is 27.7 Å². The number of ether oxygens (including phenoxy) is 6. The standard InChI is InChI=1S/C12H18O7/c1-10(2)15-6-12(19-10)14-5-7-8(9(13)18-12)17-11(3,4)16-7/h7-8H,5-6H2,1-4H3/t7-,8-,12-/m1/s1. The minimum Gasteiger partial charge on any atom is -0.404 e. The summed E-state index contributed by atoms with van der Waals surface area (Å²) in [4.78, 5) is 12.1. The predicted molar refractivity (Wildman–Crippen MR) is 59.7 cm³/mol. The first-order chi connectivity index (χ1) is 8.71. The Balaban J connectivity index is 1.78. The average molecular weight is 274 g/mol. The molecule has 3 rings (SSSR count). The van der Waals surface area contributed by atoms with Crippen LogP contribution >= 0.6 is 0 Å². The van der Waals surface area contributed by atoms with Crippen molar-refractivity contribution in [1.29, 1.82) is 0 Å². The SMILES string of the molecule is CC1(C)O[C@@H]2CO[C@]3(COC(C)(C)O3)OC(=O)[C@@H]2O1. The maximum absolute atomic E-state index is 12.1. The van der Waals surface area contributed by atoms with Crippen LogP contribution in [0.4, 0.5) is 0 Å². The topological polar surface area (TPSA) is 72.5 Å². The van der Waals surface area contributed by atoms with E-state index in [4.69, 9.17) is 28.4 Å². The van der Waals surface area contributed by atoms with E-state index in [0.29, 0.717) is 0 Å². The first-order valence-electron chi connectivity index (χ1n) is 6.27. The molecule has 3 heterocycles. The predicted octanol–water partition coefficient (Wildman–Crippen LogP) is 0.517. The lowest BCUT2D eigenvalue weighted by Gasteiger charge is -2.27. The van der Waals surface area contributed by atoms with Gasteiger partial charge in [0, 0.05) is 0 Å². The summed E-state index contributed by atoms with van der Waals surface area (Å²) in [6.07, 6.45) is -1.31. The van der Waals surface area contributed by atoms with Crippen LogP contribution < -0.4 is 0 Å². The van der Waals surface area contributed by atoms with Crippen LogP contribution in [0, 0.1) is 0 Å². The molecule has 0 radical (unpaired) electrons. The van der Waals surface area contributed by atoms with Crippen molar-refractivity contribution < 1.29 is 33.2 Å². The molecule has 0 saturated carbocycles. The van der Waals surface area contributed by atoms with Crippen LogP contribution in [0.3, 0.4) is 0 Å². The zero-order valence-electron chi connectivity index (χ0n) is 11.4. The number of rotatable bonds is 0. The molecule has 7 heteroatoms. The molecule has 1 spiro atoms. The molecule has 7 nitrogen and oxygen atoms in total. The molecular weight excluding hydrogens is 256 g/mol. The highest BCUT2D eigenvalue weighted by molar-refractivity contribution is 5.76. The van der Waals surface area contributed by atoms with E-state index in [1.54, 1.807) is 27.7 Å². The van der Waals surface area contributed by atoms with E-state index in [2.05, 4.69) is 0 Å². The van der Waals surface area contributed by atoms with Crippen molar-refractivity contribution in [3.05, 3.63) is 0 Å². The molecule has 3 saturated heterocycles. The highest BCUT2D eigenvalue weighted by atomic mass is 17.0. The fourth-order valence-corrected chi connectivity index (χ4v) is 2.42. The Kier molecular flexibility index (Phi) is 2.72. The van der Waals surface area contributed by atoms with Crippen LogP contribution in [0.5, 0.6) is 0 Å². The third-order valence-electron chi connectivity index (χ3n) is 3.14. The van der Waals surface area contributed by atoms with Gasteiger partial charge in [-0.15, -0.1) is 0 Å². The lowest BCUT2D eigenvalue weighted by molar-refractivity contribution is -0.360. The van der Waals surface area contributed by atoms with Gasteiger partial charge < -0.3 is 23.7 Å². The summed E-state index contributed by atoms with van der Waals surface area (Å²) >= 11 is 0. The van der Waals surface area contributed by atoms with Crippen LogP contribution in [0.15, 0.2) is 0 Å². The summed E-state index contributed by atoms with van der Waals surface area (Å²) in [6, 6.07) is 0. The van der Waals surface area contributed by atoms with Gasteiger partial charge in [-0.05, 0) is 27.7 Å². The molecule has 19 heavy (non-hydrogen) atoms. The third-order valence-corrected chi connectivity index (χ3v) is 3.14. The number of esters is 1. The Morgan fingerprint density at radius 1 is 1.05 bits per heavy atom. The lowest BCUT2D eigenvalue weighted by atomic mass is 10.2. The van der Waals surface area contributed by atoms with E-state index in [-0.39, 0.29) is 13.2 Å². The second kappa shape index (κ2) is 3.89. The van der Waals surface area contributed by atoms with Gasteiger partial charge in [-0.1, -0.05) is 0 Å². The van der Waals surface area contributed by atoms with Crippen molar-refractivity contribution >= 4 is 5.97 Å². The molecule has 0 aliphatic carbocycles. The van der Waals surface area contributed by atoms with E-state index in [1.165, 1.54) is 0 Å². The lowest BCUT2D eigenvalue weighted by Crippen LogP contribution is -2.42. The minimum absolute atomic E-state index is 0.0224. The second-order valence-corrected chi connectivity index (χ2v) is 5.80. The van der Waals surface area contributed by atoms with Crippen molar-refractivity contribution in [2.75, 3.05) is 13.2 Å². The molecule has 108 valence electrons. The number of hydrogen-bond acceptors (Lipinski definition) is 7. The summed E-state index contributed by atoms with van der Waals surface area (Å²) in [5.74, 6) is -3.74. The van der Waals surface area contributed by atoms with Crippen molar-refractivity contribution in [3.8, 4) is 0 Å². The molecule has 0 bridgehead atoms. The van der Waals surface area contributed by atoms with Crippen LogP contribution in [0.25, 0.3) is 0 Å². The van der Waals surface area contributed by atoms with Gasteiger partial charge in [-0.3, -0.25) is 4.74 Å². The molecule has 0 aromatic rings. The first kappa shape index (κ1) is 13.3. The van der Waals surface area contributed by atoms with Gasteiger partial charge in [0.2, 0.25) is 0 Å². The number of hydrogen-bond donors (Lipinski definition) is 0. The highest BCUT2D eigenvalue weighted by Gasteiger charge is 2.57. The minimum atomic E-state index is -1.50. The normalized spacial score (nSPS) is 43.9. The summed E-state index contributed by atoms with van der Waals surface area (Å²) in [6.45, 7) is 7.08. The van der Waals surface area contributed by atoms with Gasteiger partial charge in [0.25, 0.3) is 0 Å². The molecule has 3 atom stereocenters. The molecular formula is C12H18O7. The van der Waals surface area contributed by atoms with Crippen LogP contribution in [-0.2, 0) is 33.2 Å². The Bertz CT molecular complexity index is 405. The monoisotopic (exact) mass is 274 g/mol. The van der Waals surface area contributed by atoms with Crippen molar-refractivity contribution in [1.82, 2.24) is 0 Å². The van der Waals surface area contributed by atoms with Crippen LogP contribution in [-0.4, -0.2) is 48.9 Å². The van der Waals surface area contributed by atoms with Crippen LogP contribution in [0.2, 0.25) is 0 Å². The van der Waals surface area contributed by atoms with Crippen molar-refractivity contribution in [2.45, 2.75) is 57.5 Å². The number of carbonyl (C=O) groups is 1. The average Bonchev–Trinajstić information content (AvgIpc) is 2.70. The summed E-state index contributed by atoms with van der Waals surface area (Å²) in [7, 11) is 0.